The zero-order valence-electron chi connectivity index (χ0n) is 45.0. The molecule has 2 unspecified atom stereocenters. The molecule has 0 radical (unpaired) electrons. The van der Waals surface area contributed by atoms with Gasteiger partial charge < -0.3 is 0 Å². The Labute approximate surface area is 387 Å². The van der Waals surface area contributed by atoms with Gasteiger partial charge in [0.05, 0.1) is 0 Å². The summed E-state index contributed by atoms with van der Waals surface area (Å²) >= 11 is 0. The molecule has 62 heavy (non-hydrogen) atoms. The molecule has 0 amide bonds. The molecule has 342 valence electrons. The van der Waals surface area contributed by atoms with Gasteiger partial charge in [-0.15, -0.1) is 0 Å². The van der Waals surface area contributed by atoms with Gasteiger partial charge in [0.25, 0.3) is 0 Å². The van der Waals surface area contributed by atoms with E-state index in [1.807, 2.05) is 0 Å². The minimum Gasteiger partial charge on any atom is -0.0573 e. The second kappa shape index (κ2) is 17.5. The third kappa shape index (κ3) is 12.5. The highest BCUT2D eigenvalue weighted by atomic mass is 31.1. The van der Waals surface area contributed by atoms with Crippen molar-refractivity contribution in [1.82, 2.24) is 0 Å². The molecule has 0 fully saturated rings. The molecule has 0 saturated carbocycles. The van der Waals surface area contributed by atoms with Crippen LogP contribution in [-0.4, -0.2) is 11.3 Å². The largest absolute Gasteiger partial charge is 0.0573 e. The van der Waals surface area contributed by atoms with Crippen molar-refractivity contribution < 1.29 is 0 Å². The highest BCUT2D eigenvalue weighted by molar-refractivity contribution is 7.77. The minimum absolute atomic E-state index is 0.0236. The lowest BCUT2D eigenvalue weighted by atomic mass is 9.81. The average molecular weight is 875 g/mol. The van der Waals surface area contributed by atoms with Crippen LogP contribution in [0.25, 0.3) is 0 Å². The first-order valence-electron chi connectivity index (χ1n) is 23.8. The van der Waals surface area contributed by atoms with E-state index >= 15 is 0 Å². The second-order valence-electron chi connectivity index (χ2n) is 27.3. The van der Waals surface area contributed by atoms with E-state index in [0.29, 0.717) is 11.3 Å². The monoisotopic (exact) mass is 875 g/mol. The molecule has 2 atom stereocenters. The number of benzene rings is 4. The van der Waals surface area contributed by atoms with Gasteiger partial charge in [-0.25, -0.2) is 0 Å². The molecule has 0 heterocycles. The van der Waals surface area contributed by atoms with Crippen molar-refractivity contribution in [3.05, 3.63) is 117 Å². The molecule has 0 aliphatic rings. The molecular weight excluding hydrogens is 783 g/mol. The molecule has 2 heteroatoms. The van der Waals surface area contributed by atoms with Crippen LogP contribution in [0.15, 0.2) is 72.8 Å². The number of hydrogen-bond acceptors (Lipinski definition) is 0. The Morgan fingerprint density at radius 3 is 0.435 bits per heavy atom. The van der Waals surface area contributed by atoms with Crippen molar-refractivity contribution >= 4 is 37.1 Å². The van der Waals surface area contributed by atoms with Gasteiger partial charge in [0, 0.05) is 0 Å². The molecule has 4 aromatic rings. The van der Waals surface area contributed by atoms with Crippen molar-refractivity contribution in [3.8, 4) is 0 Å². The molecule has 4 rings (SSSR count). The third-order valence-electron chi connectivity index (χ3n) is 13.2. The van der Waals surface area contributed by atoms with Crippen LogP contribution in [-0.2, 0) is 43.3 Å². The molecule has 0 bridgehead atoms. The highest BCUT2D eigenvalue weighted by Crippen LogP contribution is 2.54. The first-order valence-corrected chi connectivity index (χ1v) is 26.6. The van der Waals surface area contributed by atoms with E-state index in [-0.39, 0.29) is 43.3 Å². The first-order chi connectivity index (χ1) is 27.6. The maximum absolute atomic E-state index is 2.64. The molecule has 0 spiro atoms. The maximum atomic E-state index is 2.64. The van der Waals surface area contributed by atoms with Gasteiger partial charge in [-0.05, 0) is 136 Å². The zero-order chi connectivity index (χ0) is 47.7. The quantitative estimate of drug-likeness (QED) is 0.162. The van der Waals surface area contributed by atoms with Crippen LogP contribution in [0.1, 0.15) is 225 Å². The lowest BCUT2D eigenvalue weighted by Crippen LogP contribution is -2.35. The summed E-state index contributed by atoms with van der Waals surface area (Å²) in [6.45, 7) is 62.8. The lowest BCUT2D eigenvalue weighted by molar-refractivity contribution is 0.568. The van der Waals surface area contributed by atoms with E-state index in [1.165, 1.54) is 65.7 Å². The summed E-state index contributed by atoms with van der Waals surface area (Å²) in [5.41, 5.74) is 12.5. The Morgan fingerprint density at radius 2 is 0.339 bits per heavy atom. The average Bonchev–Trinajstić information content (AvgIpc) is 3.08. The van der Waals surface area contributed by atoms with Crippen LogP contribution in [0.2, 0.25) is 0 Å². The van der Waals surface area contributed by atoms with Gasteiger partial charge >= 0.3 is 0 Å². The standard InChI is InChI=1S/C60H92P2/c1-39(61(49-31-41(53(3,4)5)27-42(32-49)54(6,7)8)50-33-43(55(9,10)11)28-44(34-50)56(12,13)14)40(2)62(51-35-45(57(15,16)17)29-46(36-51)58(18,19)20)52-37-47(59(21,22)23)30-48(38-52)60(24,25)26/h27-40H,1-26H3. The highest BCUT2D eigenvalue weighted by Gasteiger charge is 2.37. The Kier molecular flexibility index (Phi) is 14.8. The fourth-order valence-electron chi connectivity index (χ4n) is 8.14. The molecule has 0 N–H and O–H groups in total. The Morgan fingerprint density at radius 1 is 0.226 bits per heavy atom. The van der Waals surface area contributed by atoms with Gasteiger partial charge in [0.15, 0.2) is 0 Å². The van der Waals surface area contributed by atoms with E-state index in [1.54, 1.807) is 0 Å². The fourth-order valence-corrected chi connectivity index (χ4v) is 14.5. The van der Waals surface area contributed by atoms with E-state index in [4.69, 9.17) is 0 Å². The van der Waals surface area contributed by atoms with Crippen molar-refractivity contribution in [1.29, 1.82) is 0 Å². The Hall–Kier alpha value is -2.26. The van der Waals surface area contributed by atoms with E-state index in [0.717, 1.165) is 0 Å². The smallest absolute Gasteiger partial charge is 0.00861 e. The van der Waals surface area contributed by atoms with E-state index in [9.17, 15) is 0 Å². The Bertz CT molecular complexity index is 1750. The summed E-state index contributed by atoms with van der Waals surface area (Å²) in [4.78, 5) is 0. The van der Waals surface area contributed by atoms with Crippen molar-refractivity contribution in [2.45, 2.75) is 235 Å². The predicted octanol–water partition coefficient (Wildman–Crippen LogP) is 16.4. The topological polar surface area (TPSA) is 0 Å². The zero-order valence-corrected chi connectivity index (χ0v) is 46.8. The van der Waals surface area contributed by atoms with Crippen LogP contribution in [0.4, 0.5) is 0 Å². The fraction of sp³-hybridized carbons (Fsp3) is 0.600. The van der Waals surface area contributed by atoms with Crippen LogP contribution in [0, 0.1) is 0 Å². The maximum Gasteiger partial charge on any atom is -0.00861 e. The van der Waals surface area contributed by atoms with Crippen LogP contribution >= 0.6 is 15.8 Å². The normalized spacial score (nSPS) is 15.1. The molecule has 0 aliphatic carbocycles. The van der Waals surface area contributed by atoms with Crippen molar-refractivity contribution in [3.63, 3.8) is 0 Å². The molecule has 0 aliphatic heterocycles. The lowest BCUT2D eigenvalue weighted by Gasteiger charge is -2.39. The van der Waals surface area contributed by atoms with Gasteiger partial charge in [0.2, 0.25) is 0 Å². The Balaban J connectivity index is 2.26. The van der Waals surface area contributed by atoms with E-state index in [2.05, 4.69) is 253 Å². The van der Waals surface area contributed by atoms with E-state index < -0.39 is 15.8 Å². The van der Waals surface area contributed by atoms with Crippen LogP contribution in [0.5, 0.6) is 0 Å². The number of hydrogen-bond donors (Lipinski definition) is 0. The summed E-state index contributed by atoms with van der Waals surface area (Å²) in [5.74, 6) is 0. The second-order valence-corrected chi connectivity index (χ2v) is 32.5. The minimum atomic E-state index is -0.823. The first kappa shape index (κ1) is 52.4. The predicted molar refractivity (Wildman–Crippen MR) is 287 cm³/mol. The summed E-state index contributed by atoms with van der Waals surface area (Å²) in [6, 6.07) is 31.1. The molecule has 0 nitrogen and oxygen atoms in total. The van der Waals surface area contributed by atoms with Gasteiger partial charge in [-0.2, -0.15) is 0 Å². The summed E-state index contributed by atoms with van der Waals surface area (Å²) in [6.07, 6.45) is 0. The number of rotatable bonds is 7. The third-order valence-corrected chi connectivity index (χ3v) is 19.2. The van der Waals surface area contributed by atoms with Crippen molar-refractivity contribution in [2.24, 2.45) is 0 Å². The molecule has 0 saturated heterocycles. The van der Waals surface area contributed by atoms with Gasteiger partial charge in [-0.3, -0.25) is 0 Å². The molecular formula is C60H92P2. The van der Waals surface area contributed by atoms with Gasteiger partial charge in [0.1, 0.15) is 0 Å². The summed E-state index contributed by atoms with van der Waals surface area (Å²) in [5, 5.41) is 6.09. The molecule has 4 aromatic carbocycles. The molecule has 0 aromatic heterocycles. The summed E-state index contributed by atoms with van der Waals surface area (Å²) < 4.78 is 0. The van der Waals surface area contributed by atoms with Crippen LogP contribution < -0.4 is 21.2 Å². The van der Waals surface area contributed by atoms with Gasteiger partial charge in [-0.1, -0.05) is 253 Å². The summed E-state index contributed by atoms with van der Waals surface area (Å²) in [7, 11) is -1.65. The van der Waals surface area contributed by atoms with Crippen LogP contribution in [0.3, 0.4) is 0 Å². The SMILES string of the molecule is CC(C(C)P(c1cc(C(C)(C)C)cc(C(C)(C)C)c1)c1cc(C(C)(C)C)cc(C(C)(C)C)c1)P(c1cc(C(C)(C)C)cc(C(C)(C)C)c1)c1cc(C(C)(C)C)cc(C(C)(C)C)c1. The van der Waals surface area contributed by atoms with Crippen molar-refractivity contribution in [2.75, 3.05) is 0 Å².